The highest BCUT2D eigenvalue weighted by molar-refractivity contribution is 7.99. The molecule has 6 nitrogen and oxygen atoms in total. The first-order chi connectivity index (χ1) is 14.9. The molecule has 1 aromatic carbocycles. The van der Waals surface area contributed by atoms with E-state index in [2.05, 4.69) is 66.8 Å². The van der Waals surface area contributed by atoms with Gasteiger partial charge in [-0.15, -0.1) is 0 Å². The zero-order chi connectivity index (χ0) is 22.4. The van der Waals surface area contributed by atoms with Crippen LogP contribution in [-0.4, -0.2) is 65.9 Å². The standard InChI is InChI=1S/C24H36N4O2S/c1-6-30-23(29)13-14-31-24-25-21(16-26(2)3)22(17-27(4)5)28(24)20-12-11-18-9-7-8-10-19(18)15-20/h7-10,20H,6,11-17H2,1-5H3. The summed E-state index contributed by atoms with van der Waals surface area (Å²) < 4.78 is 7.58. The Morgan fingerprint density at radius 1 is 1.16 bits per heavy atom. The third-order valence-electron chi connectivity index (χ3n) is 5.52. The molecule has 1 aliphatic carbocycles. The molecule has 0 bridgehead atoms. The number of rotatable bonds is 10. The zero-order valence-corrected chi connectivity index (χ0v) is 20.4. The number of hydrogen-bond donors (Lipinski definition) is 0. The lowest BCUT2D eigenvalue weighted by Crippen LogP contribution is -2.24. The maximum Gasteiger partial charge on any atom is 0.306 e. The van der Waals surface area contributed by atoms with Crippen molar-refractivity contribution in [1.82, 2.24) is 19.4 Å². The second kappa shape index (κ2) is 11.2. The Morgan fingerprint density at radius 3 is 2.55 bits per heavy atom. The molecule has 31 heavy (non-hydrogen) atoms. The topological polar surface area (TPSA) is 50.6 Å². The van der Waals surface area contributed by atoms with E-state index < -0.39 is 0 Å². The van der Waals surface area contributed by atoms with Crippen molar-refractivity contribution in [2.24, 2.45) is 0 Å². The Balaban J connectivity index is 1.92. The first kappa shape index (κ1) is 23.8. The van der Waals surface area contributed by atoms with Gasteiger partial charge in [0.1, 0.15) is 0 Å². The average molecular weight is 445 g/mol. The quantitative estimate of drug-likeness (QED) is 0.411. The molecule has 2 aromatic rings. The minimum atomic E-state index is -0.137. The molecule has 1 aromatic heterocycles. The van der Waals surface area contributed by atoms with Gasteiger partial charge in [0.15, 0.2) is 5.16 Å². The first-order valence-electron chi connectivity index (χ1n) is 11.1. The third-order valence-corrected chi connectivity index (χ3v) is 6.48. The minimum Gasteiger partial charge on any atom is -0.466 e. The van der Waals surface area contributed by atoms with Gasteiger partial charge >= 0.3 is 5.97 Å². The van der Waals surface area contributed by atoms with Gasteiger partial charge < -0.3 is 19.1 Å². The minimum absolute atomic E-state index is 0.137. The lowest BCUT2D eigenvalue weighted by molar-refractivity contribution is -0.142. The molecule has 1 atom stereocenters. The van der Waals surface area contributed by atoms with Crippen LogP contribution in [0.1, 0.15) is 48.3 Å². The molecule has 1 heterocycles. The van der Waals surface area contributed by atoms with Crippen molar-refractivity contribution in [1.29, 1.82) is 0 Å². The van der Waals surface area contributed by atoms with Gasteiger partial charge in [0, 0.05) is 24.9 Å². The van der Waals surface area contributed by atoms with E-state index in [0.29, 0.717) is 24.8 Å². The number of fused-ring (bicyclic) bond motifs is 1. The molecule has 1 aliphatic rings. The maximum atomic E-state index is 11.8. The number of aromatic nitrogens is 2. The monoisotopic (exact) mass is 444 g/mol. The van der Waals surface area contributed by atoms with Crippen LogP contribution in [0.2, 0.25) is 0 Å². The van der Waals surface area contributed by atoms with Crippen LogP contribution < -0.4 is 0 Å². The number of thioether (sulfide) groups is 1. The summed E-state index contributed by atoms with van der Waals surface area (Å²) in [6.07, 6.45) is 3.64. The summed E-state index contributed by atoms with van der Waals surface area (Å²) in [5.41, 5.74) is 5.34. The molecular weight excluding hydrogens is 408 g/mol. The van der Waals surface area contributed by atoms with Crippen molar-refractivity contribution in [2.75, 3.05) is 40.6 Å². The maximum absolute atomic E-state index is 11.8. The molecule has 0 saturated carbocycles. The molecule has 7 heteroatoms. The molecule has 0 saturated heterocycles. The number of esters is 1. The number of carbonyl (C=O) groups excluding carboxylic acids is 1. The van der Waals surface area contributed by atoms with Crippen LogP contribution in [0.5, 0.6) is 0 Å². The van der Waals surface area contributed by atoms with Crippen LogP contribution in [0.4, 0.5) is 0 Å². The van der Waals surface area contributed by atoms with Crippen molar-refractivity contribution in [2.45, 2.75) is 56.9 Å². The molecule has 0 radical (unpaired) electrons. The predicted molar refractivity (Wildman–Crippen MR) is 126 cm³/mol. The number of ether oxygens (including phenoxy) is 1. The van der Waals surface area contributed by atoms with Crippen molar-refractivity contribution in [3.8, 4) is 0 Å². The van der Waals surface area contributed by atoms with Crippen molar-refractivity contribution in [3.63, 3.8) is 0 Å². The number of imidazole rings is 1. The number of hydrogen-bond acceptors (Lipinski definition) is 6. The summed E-state index contributed by atoms with van der Waals surface area (Å²) in [5, 5.41) is 1.03. The predicted octanol–water partition coefficient (Wildman–Crippen LogP) is 3.78. The highest BCUT2D eigenvalue weighted by atomic mass is 32.2. The normalized spacial score (nSPS) is 16.0. The number of nitrogens with zero attached hydrogens (tertiary/aromatic N) is 4. The van der Waals surface area contributed by atoms with E-state index in [0.717, 1.165) is 43.2 Å². The van der Waals surface area contributed by atoms with Gasteiger partial charge in [-0.05, 0) is 65.5 Å². The number of benzene rings is 1. The van der Waals surface area contributed by atoms with Crippen LogP contribution in [0.15, 0.2) is 29.4 Å². The smallest absolute Gasteiger partial charge is 0.306 e. The van der Waals surface area contributed by atoms with E-state index in [4.69, 9.17) is 9.72 Å². The summed E-state index contributed by atoms with van der Waals surface area (Å²) >= 11 is 1.68. The van der Waals surface area contributed by atoms with Gasteiger partial charge in [0.25, 0.3) is 0 Å². The SMILES string of the molecule is CCOC(=O)CCSc1nc(CN(C)C)c(CN(C)C)n1C1CCc2ccccc2C1. The molecule has 170 valence electrons. The van der Waals surface area contributed by atoms with Gasteiger partial charge in [0.2, 0.25) is 0 Å². The molecule has 0 amide bonds. The number of carbonyl (C=O) groups is 1. The average Bonchev–Trinajstić information content (AvgIpc) is 3.03. The Kier molecular flexibility index (Phi) is 8.58. The Hall–Kier alpha value is -1.83. The lowest BCUT2D eigenvalue weighted by Gasteiger charge is -2.29. The van der Waals surface area contributed by atoms with Crippen LogP contribution in [0.25, 0.3) is 0 Å². The van der Waals surface area contributed by atoms with Gasteiger partial charge in [-0.25, -0.2) is 4.98 Å². The molecule has 0 aliphatic heterocycles. The second-order valence-electron chi connectivity index (χ2n) is 8.70. The van der Waals surface area contributed by atoms with Gasteiger partial charge in [-0.2, -0.15) is 0 Å². The fourth-order valence-electron chi connectivity index (χ4n) is 4.22. The highest BCUT2D eigenvalue weighted by Gasteiger charge is 2.27. The van der Waals surface area contributed by atoms with E-state index in [1.54, 1.807) is 11.8 Å². The summed E-state index contributed by atoms with van der Waals surface area (Å²) in [7, 11) is 8.40. The van der Waals surface area contributed by atoms with Crippen LogP contribution in [-0.2, 0) is 35.5 Å². The first-order valence-corrected chi connectivity index (χ1v) is 12.1. The van der Waals surface area contributed by atoms with Crippen LogP contribution >= 0.6 is 11.8 Å². The van der Waals surface area contributed by atoms with Crippen molar-refractivity contribution >= 4 is 17.7 Å². The molecular formula is C24H36N4O2S. The third kappa shape index (κ3) is 6.34. The zero-order valence-electron chi connectivity index (χ0n) is 19.6. The van der Waals surface area contributed by atoms with Crippen molar-refractivity contribution < 1.29 is 9.53 Å². The second-order valence-corrected chi connectivity index (χ2v) is 9.76. The molecule has 1 unspecified atom stereocenters. The molecule has 3 rings (SSSR count). The summed E-state index contributed by atoms with van der Waals surface area (Å²) in [5.74, 6) is 0.545. The fraction of sp³-hybridized carbons (Fsp3) is 0.583. The Labute approximate surface area is 191 Å². The number of aryl methyl sites for hydroxylation is 1. The van der Waals surface area contributed by atoms with Crippen LogP contribution in [0.3, 0.4) is 0 Å². The van der Waals surface area contributed by atoms with Crippen LogP contribution in [0, 0.1) is 0 Å². The fourth-order valence-corrected chi connectivity index (χ4v) is 5.24. The lowest BCUT2D eigenvalue weighted by atomic mass is 9.88. The van der Waals surface area contributed by atoms with Gasteiger partial charge in [-0.1, -0.05) is 36.0 Å². The molecule has 0 spiro atoms. The van der Waals surface area contributed by atoms with E-state index >= 15 is 0 Å². The van der Waals surface area contributed by atoms with Gasteiger partial charge in [-0.3, -0.25) is 4.79 Å². The Bertz CT molecular complexity index is 878. The Morgan fingerprint density at radius 2 is 1.87 bits per heavy atom. The van der Waals surface area contributed by atoms with E-state index in [-0.39, 0.29) is 5.97 Å². The molecule has 0 fully saturated rings. The molecule has 0 N–H and O–H groups in total. The highest BCUT2D eigenvalue weighted by Crippen LogP contribution is 2.35. The summed E-state index contributed by atoms with van der Waals surface area (Å²) in [4.78, 5) is 21.3. The largest absolute Gasteiger partial charge is 0.466 e. The van der Waals surface area contributed by atoms with E-state index in [1.165, 1.54) is 16.8 Å². The summed E-state index contributed by atoms with van der Waals surface area (Å²) in [6.45, 7) is 3.94. The summed E-state index contributed by atoms with van der Waals surface area (Å²) in [6, 6.07) is 9.19. The van der Waals surface area contributed by atoms with E-state index in [1.807, 2.05) is 6.92 Å². The van der Waals surface area contributed by atoms with Gasteiger partial charge in [0.05, 0.1) is 24.4 Å². The van der Waals surface area contributed by atoms with E-state index in [9.17, 15) is 4.79 Å². The van der Waals surface area contributed by atoms with Crippen molar-refractivity contribution in [3.05, 3.63) is 46.8 Å².